The number of fused-ring (bicyclic) bond motifs is 1. The van der Waals surface area contributed by atoms with E-state index in [9.17, 15) is 9.59 Å². The van der Waals surface area contributed by atoms with Gasteiger partial charge in [-0.3, -0.25) is 9.59 Å². The number of carbonyl (C=O) groups excluding carboxylic acids is 2. The van der Waals surface area contributed by atoms with Crippen molar-refractivity contribution in [2.24, 2.45) is 0 Å². The van der Waals surface area contributed by atoms with Crippen LogP contribution in [0.15, 0.2) is 36.4 Å². The SMILES string of the molecule is COc1ccc(C(=O)Nc2ccc3c(c2)N(CCN(C)C)C(=O)C(C)O3)cc1OC. The van der Waals surface area contributed by atoms with Crippen LogP contribution in [0.3, 0.4) is 0 Å². The predicted molar refractivity (Wildman–Crippen MR) is 115 cm³/mol. The van der Waals surface area contributed by atoms with Crippen molar-refractivity contribution < 1.29 is 23.8 Å². The van der Waals surface area contributed by atoms with Gasteiger partial charge in [-0.05, 0) is 57.4 Å². The Morgan fingerprint density at radius 2 is 1.87 bits per heavy atom. The number of methoxy groups -OCH3 is 2. The number of anilines is 2. The second-order valence-electron chi connectivity index (χ2n) is 7.26. The molecule has 1 aliphatic rings. The summed E-state index contributed by atoms with van der Waals surface area (Å²) in [5, 5.41) is 2.87. The average Bonchev–Trinajstić information content (AvgIpc) is 2.73. The topological polar surface area (TPSA) is 80.3 Å². The van der Waals surface area contributed by atoms with Crippen molar-refractivity contribution in [1.82, 2.24) is 4.90 Å². The van der Waals surface area contributed by atoms with Gasteiger partial charge in [-0.25, -0.2) is 0 Å². The molecule has 1 unspecified atom stereocenters. The van der Waals surface area contributed by atoms with Gasteiger partial charge >= 0.3 is 0 Å². The Hall–Kier alpha value is -3.26. The zero-order valence-corrected chi connectivity index (χ0v) is 17.9. The van der Waals surface area contributed by atoms with Crippen LogP contribution >= 0.6 is 0 Å². The lowest BCUT2D eigenvalue weighted by Gasteiger charge is -2.34. The molecule has 0 saturated carbocycles. The van der Waals surface area contributed by atoms with Crippen LogP contribution in [0.2, 0.25) is 0 Å². The molecule has 8 nitrogen and oxygen atoms in total. The quantitative estimate of drug-likeness (QED) is 0.752. The smallest absolute Gasteiger partial charge is 0.267 e. The van der Waals surface area contributed by atoms with Crippen molar-refractivity contribution in [1.29, 1.82) is 0 Å². The van der Waals surface area contributed by atoms with Crippen LogP contribution in [0.5, 0.6) is 17.2 Å². The monoisotopic (exact) mass is 413 g/mol. The minimum absolute atomic E-state index is 0.104. The van der Waals surface area contributed by atoms with Crippen molar-refractivity contribution in [3.63, 3.8) is 0 Å². The molecule has 0 aliphatic carbocycles. The van der Waals surface area contributed by atoms with E-state index >= 15 is 0 Å². The molecule has 0 radical (unpaired) electrons. The molecule has 30 heavy (non-hydrogen) atoms. The lowest BCUT2D eigenvalue weighted by Crippen LogP contribution is -2.46. The summed E-state index contributed by atoms with van der Waals surface area (Å²) in [5.41, 5.74) is 1.63. The largest absolute Gasteiger partial charge is 0.493 e. The van der Waals surface area contributed by atoms with Crippen molar-refractivity contribution in [3.05, 3.63) is 42.0 Å². The maximum atomic E-state index is 12.7. The van der Waals surface area contributed by atoms with Gasteiger partial charge < -0.3 is 29.3 Å². The highest BCUT2D eigenvalue weighted by atomic mass is 16.5. The van der Waals surface area contributed by atoms with Crippen LogP contribution in [0.25, 0.3) is 0 Å². The third-order valence-electron chi connectivity index (χ3n) is 4.84. The molecule has 160 valence electrons. The summed E-state index contributed by atoms with van der Waals surface area (Å²) in [6.45, 7) is 2.97. The van der Waals surface area contributed by atoms with E-state index in [-0.39, 0.29) is 11.8 Å². The molecule has 0 bridgehead atoms. The molecule has 3 rings (SSSR count). The van der Waals surface area contributed by atoms with Crippen LogP contribution in [0.1, 0.15) is 17.3 Å². The molecule has 2 amide bonds. The Bertz CT molecular complexity index is 944. The minimum Gasteiger partial charge on any atom is -0.493 e. The van der Waals surface area contributed by atoms with E-state index in [0.29, 0.717) is 47.3 Å². The van der Waals surface area contributed by atoms with Crippen LogP contribution in [0.4, 0.5) is 11.4 Å². The van der Waals surface area contributed by atoms with Crippen LogP contribution < -0.4 is 24.4 Å². The van der Waals surface area contributed by atoms with Crippen molar-refractivity contribution in [2.45, 2.75) is 13.0 Å². The number of likely N-dealkylation sites (N-methyl/N-ethyl adjacent to an activating group) is 1. The Labute approximate surface area is 176 Å². The first-order valence-electron chi connectivity index (χ1n) is 9.64. The van der Waals surface area contributed by atoms with Gasteiger partial charge in [0, 0.05) is 24.3 Å². The summed E-state index contributed by atoms with van der Waals surface area (Å²) < 4.78 is 16.2. The lowest BCUT2D eigenvalue weighted by molar-refractivity contribution is -0.125. The number of nitrogens with zero attached hydrogens (tertiary/aromatic N) is 2. The van der Waals surface area contributed by atoms with E-state index in [1.165, 1.54) is 14.2 Å². The van der Waals surface area contributed by atoms with E-state index in [1.54, 1.807) is 48.2 Å². The maximum absolute atomic E-state index is 12.7. The molecule has 2 aromatic carbocycles. The molecule has 1 N–H and O–H groups in total. The standard InChI is InChI=1S/C22H27N3O5/c1-14-22(27)25(11-10-24(2)3)17-13-16(7-9-18(17)30-14)23-21(26)15-6-8-19(28-4)20(12-15)29-5/h6-9,12-14H,10-11H2,1-5H3,(H,23,26). The van der Waals surface area contributed by atoms with Crippen LogP contribution in [-0.2, 0) is 4.79 Å². The maximum Gasteiger partial charge on any atom is 0.267 e. The van der Waals surface area contributed by atoms with E-state index < -0.39 is 6.10 Å². The van der Waals surface area contributed by atoms with Gasteiger partial charge in [-0.15, -0.1) is 0 Å². The number of nitrogens with one attached hydrogen (secondary N) is 1. The highest BCUT2D eigenvalue weighted by molar-refractivity contribution is 6.06. The number of amides is 2. The molecule has 1 aliphatic heterocycles. The van der Waals surface area contributed by atoms with Gasteiger partial charge in [0.15, 0.2) is 17.6 Å². The number of rotatable bonds is 7. The Morgan fingerprint density at radius 1 is 1.13 bits per heavy atom. The summed E-state index contributed by atoms with van der Waals surface area (Å²) in [7, 11) is 6.96. The zero-order valence-electron chi connectivity index (χ0n) is 17.9. The van der Waals surface area contributed by atoms with E-state index in [1.807, 2.05) is 19.0 Å². The van der Waals surface area contributed by atoms with Crippen molar-refractivity contribution in [2.75, 3.05) is 51.6 Å². The average molecular weight is 413 g/mol. The summed E-state index contributed by atoms with van der Waals surface area (Å²) in [6, 6.07) is 10.2. The molecule has 0 saturated heterocycles. The third kappa shape index (κ3) is 4.49. The number of carbonyl (C=O) groups is 2. The number of hydrogen-bond donors (Lipinski definition) is 1. The molecule has 1 heterocycles. The van der Waals surface area contributed by atoms with Gasteiger partial charge in [-0.2, -0.15) is 0 Å². The molecular formula is C22H27N3O5. The first-order chi connectivity index (χ1) is 14.3. The Morgan fingerprint density at radius 3 is 2.53 bits per heavy atom. The first kappa shape index (κ1) is 21.4. The number of benzene rings is 2. The summed E-state index contributed by atoms with van der Waals surface area (Å²) in [5.74, 6) is 1.23. The summed E-state index contributed by atoms with van der Waals surface area (Å²) in [6.07, 6.45) is -0.549. The molecule has 8 heteroatoms. The summed E-state index contributed by atoms with van der Waals surface area (Å²) in [4.78, 5) is 29.1. The van der Waals surface area contributed by atoms with Gasteiger partial charge in [0.1, 0.15) is 5.75 Å². The van der Waals surface area contributed by atoms with Crippen LogP contribution in [0, 0.1) is 0 Å². The van der Waals surface area contributed by atoms with Gasteiger partial charge in [0.05, 0.1) is 19.9 Å². The molecular weight excluding hydrogens is 386 g/mol. The Kier molecular flexibility index (Phi) is 6.47. The van der Waals surface area contributed by atoms with Gasteiger partial charge in [0.2, 0.25) is 0 Å². The van der Waals surface area contributed by atoms with Crippen molar-refractivity contribution >= 4 is 23.2 Å². The van der Waals surface area contributed by atoms with E-state index in [0.717, 1.165) is 0 Å². The van der Waals surface area contributed by atoms with Crippen molar-refractivity contribution in [3.8, 4) is 17.2 Å². The van der Waals surface area contributed by atoms with Gasteiger partial charge in [-0.1, -0.05) is 0 Å². The normalized spacial score (nSPS) is 15.5. The molecule has 0 aromatic heterocycles. The van der Waals surface area contributed by atoms with E-state index in [4.69, 9.17) is 14.2 Å². The zero-order chi connectivity index (χ0) is 21.8. The fourth-order valence-electron chi connectivity index (χ4n) is 3.20. The Balaban J connectivity index is 1.85. The molecule has 0 spiro atoms. The molecule has 2 aromatic rings. The summed E-state index contributed by atoms with van der Waals surface area (Å²) >= 11 is 0. The molecule has 0 fully saturated rings. The molecule has 1 atom stereocenters. The first-order valence-corrected chi connectivity index (χ1v) is 9.64. The van der Waals surface area contributed by atoms with Crippen LogP contribution in [-0.4, -0.2) is 64.2 Å². The number of hydrogen-bond acceptors (Lipinski definition) is 6. The second kappa shape index (κ2) is 9.04. The highest BCUT2D eigenvalue weighted by Crippen LogP contribution is 2.36. The lowest BCUT2D eigenvalue weighted by atomic mass is 10.1. The number of ether oxygens (including phenoxy) is 3. The fourth-order valence-corrected chi connectivity index (χ4v) is 3.20. The minimum atomic E-state index is -0.549. The third-order valence-corrected chi connectivity index (χ3v) is 4.84. The second-order valence-corrected chi connectivity index (χ2v) is 7.26. The highest BCUT2D eigenvalue weighted by Gasteiger charge is 2.31. The van der Waals surface area contributed by atoms with E-state index in [2.05, 4.69) is 5.32 Å². The van der Waals surface area contributed by atoms with Gasteiger partial charge in [0.25, 0.3) is 11.8 Å². The predicted octanol–water partition coefficient (Wildman–Crippen LogP) is 2.63. The fraction of sp³-hybridized carbons (Fsp3) is 0.364.